The molecule has 7 heteroatoms. The van der Waals surface area contributed by atoms with Crippen LogP contribution in [0.2, 0.25) is 0 Å². The van der Waals surface area contributed by atoms with Gasteiger partial charge in [-0.05, 0) is 36.8 Å². The number of nitrogen functional groups attached to an aromatic ring is 1. The molecule has 0 aliphatic heterocycles. The molecule has 4 N–H and O–H groups in total. The van der Waals surface area contributed by atoms with E-state index in [2.05, 4.69) is 16.5 Å². The van der Waals surface area contributed by atoms with E-state index in [0.29, 0.717) is 19.3 Å². The summed E-state index contributed by atoms with van der Waals surface area (Å²) >= 11 is 4.44. The summed E-state index contributed by atoms with van der Waals surface area (Å²) in [6, 6.07) is 9.49. The number of nitrogens with two attached hydrogens (primary N) is 1. The predicted molar refractivity (Wildman–Crippen MR) is 84.9 cm³/mol. The van der Waals surface area contributed by atoms with Gasteiger partial charge in [0.15, 0.2) is 6.49 Å². The molecule has 0 fully saturated rings. The third kappa shape index (κ3) is 13.5. The highest BCUT2D eigenvalue weighted by atomic mass is 32.5. The van der Waals surface area contributed by atoms with Crippen LogP contribution in [0.1, 0.15) is 25.7 Å². The van der Waals surface area contributed by atoms with Crippen LogP contribution in [0.3, 0.4) is 0 Å². The van der Waals surface area contributed by atoms with E-state index in [4.69, 9.17) is 15.5 Å². The van der Waals surface area contributed by atoms with Crippen molar-refractivity contribution in [2.75, 3.05) is 19.0 Å². The summed E-state index contributed by atoms with van der Waals surface area (Å²) in [4.78, 5) is 28.4. The van der Waals surface area contributed by atoms with Crippen molar-refractivity contribution >= 4 is 30.0 Å². The first-order chi connectivity index (χ1) is 9.35. The maximum atomic E-state index is 10.6. The molecule has 0 aliphatic carbocycles. The van der Waals surface area contributed by atoms with E-state index in [9.17, 15) is 4.79 Å². The van der Waals surface area contributed by atoms with Gasteiger partial charge in [-0.2, -0.15) is 0 Å². The number of hydrogen-bond donors (Lipinski definition) is 3. The minimum Gasteiger partial charge on any atom is -0.469 e. The molecule has 1 aromatic rings. The van der Waals surface area contributed by atoms with Crippen molar-refractivity contribution < 1.29 is 19.3 Å². The summed E-state index contributed by atoms with van der Waals surface area (Å²) in [6.07, 6.45) is 2.79. The molecule has 1 rings (SSSR count). The number of hydrogen-bond acceptors (Lipinski definition) is 4. The molecule has 0 bridgehead atoms. The van der Waals surface area contributed by atoms with Gasteiger partial charge in [-0.15, -0.1) is 0 Å². The zero-order chi connectivity index (χ0) is 15.4. The van der Waals surface area contributed by atoms with Crippen molar-refractivity contribution in [1.82, 2.24) is 0 Å². The Balaban J connectivity index is 0.000000428. The Morgan fingerprint density at radius 1 is 1.25 bits per heavy atom. The van der Waals surface area contributed by atoms with Crippen molar-refractivity contribution in [3.63, 3.8) is 0 Å². The fourth-order valence-corrected chi connectivity index (χ4v) is 2.34. The molecule has 0 saturated heterocycles. The van der Waals surface area contributed by atoms with Crippen LogP contribution in [0.4, 0.5) is 5.69 Å². The van der Waals surface area contributed by atoms with E-state index in [1.165, 1.54) is 7.11 Å². The van der Waals surface area contributed by atoms with Gasteiger partial charge in [0, 0.05) is 18.3 Å². The van der Waals surface area contributed by atoms with Crippen LogP contribution < -0.4 is 5.73 Å². The summed E-state index contributed by atoms with van der Waals surface area (Å²) in [5.74, 6) is -0.229. The lowest BCUT2D eigenvalue weighted by Crippen LogP contribution is -1.99. The first-order valence-corrected chi connectivity index (χ1v) is 9.16. The van der Waals surface area contributed by atoms with Gasteiger partial charge in [-0.1, -0.05) is 24.6 Å². The number of rotatable bonds is 6. The van der Waals surface area contributed by atoms with Crippen LogP contribution in [-0.2, 0) is 21.3 Å². The number of esters is 1. The zero-order valence-electron chi connectivity index (χ0n) is 11.6. The minimum atomic E-state index is -3.02. The standard InChI is InChI=1S/C7H15O4PS.C6H7N/c1-11-7(8)5-3-2-4-6-12(9,10)13;7-6-4-2-1-3-5-6/h2-6H2,1H3,(H2,9,10,13);1-5H,7H2. The van der Waals surface area contributed by atoms with Gasteiger partial charge in [0.05, 0.1) is 7.11 Å². The van der Waals surface area contributed by atoms with Crippen molar-refractivity contribution in [2.24, 2.45) is 0 Å². The topological polar surface area (TPSA) is 92.8 Å². The van der Waals surface area contributed by atoms with E-state index >= 15 is 0 Å². The Morgan fingerprint density at radius 3 is 2.25 bits per heavy atom. The number of unbranched alkanes of at least 4 members (excludes halogenated alkanes) is 2. The number of carbonyl (C=O) groups excluding carboxylic acids is 1. The molecule has 0 amide bonds. The summed E-state index contributed by atoms with van der Waals surface area (Å²) in [7, 11) is 1.35. The maximum absolute atomic E-state index is 10.6. The second-order valence-corrected chi connectivity index (χ2v) is 7.72. The van der Waals surface area contributed by atoms with E-state index in [1.54, 1.807) is 0 Å². The van der Waals surface area contributed by atoms with Crippen LogP contribution in [0.5, 0.6) is 0 Å². The SMILES string of the molecule is COC(=O)CCCCCP(O)(O)=S.Nc1ccccc1. The largest absolute Gasteiger partial charge is 0.469 e. The molecule has 0 unspecified atom stereocenters. The lowest BCUT2D eigenvalue weighted by Gasteiger charge is -2.05. The van der Waals surface area contributed by atoms with Gasteiger partial charge in [-0.25, -0.2) is 0 Å². The lowest BCUT2D eigenvalue weighted by molar-refractivity contribution is -0.140. The smallest absolute Gasteiger partial charge is 0.305 e. The average molecular weight is 319 g/mol. The predicted octanol–water partition coefficient (Wildman–Crippen LogP) is 2.28. The Morgan fingerprint density at radius 2 is 1.85 bits per heavy atom. The molecule has 0 atom stereocenters. The number of carbonyl (C=O) groups is 1. The summed E-state index contributed by atoms with van der Waals surface area (Å²) in [5.41, 5.74) is 6.18. The quantitative estimate of drug-likeness (QED) is 0.322. The van der Waals surface area contributed by atoms with Gasteiger partial charge in [0.2, 0.25) is 0 Å². The molecule has 5 nitrogen and oxygen atoms in total. The van der Waals surface area contributed by atoms with Crippen molar-refractivity contribution in [2.45, 2.75) is 25.7 Å². The molecule has 1 aromatic carbocycles. The Bertz CT molecular complexity index is 422. The molecule has 20 heavy (non-hydrogen) atoms. The molecule has 114 valence electrons. The number of methoxy groups -OCH3 is 1. The van der Waals surface area contributed by atoms with Gasteiger partial charge >= 0.3 is 5.97 Å². The number of para-hydroxylation sites is 1. The fourth-order valence-electron chi connectivity index (χ4n) is 1.32. The second kappa shape index (κ2) is 10.8. The van der Waals surface area contributed by atoms with Gasteiger partial charge in [0.25, 0.3) is 0 Å². The normalized spacial score (nSPS) is 10.3. The molecule has 0 saturated carbocycles. The number of benzene rings is 1. The van der Waals surface area contributed by atoms with Crippen molar-refractivity contribution in [1.29, 1.82) is 0 Å². The highest BCUT2D eigenvalue weighted by molar-refractivity contribution is 8.09. The van der Waals surface area contributed by atoms with Crippen LogP contribution in [0, 0.1) is 0 Å². The van der Waals surface area contributed by atoms with Gasteiger partial charge in [-0.3, -0.25) is 4.79 Å². The van der Waals surface area contributed by atoms with Crippen LogP contribution >= 0.6 is 6.49 Å². The molecule has 0 spiro atoms. The van der Waals surface area contributed by atoms with Crippen LogP contribution in [0.15, 0.2) is 30.3 Å². The van der Waals surface area contributed by atoms with Crippen molar-refractivity contribution in [3.8, 4) is 0 Å². The Labute approximate surface area is 124 Å². The van der Waals surface area contributed by atoms with Crippen LogP contribution in [0.25, 0.3) is 0 Å². The fraction of sp³-hybridized carbons (Fsp3) is 0.462. The van der Waals surface area contributed by atoms with Gasteiger partial charge < -0.3 is 20.3 Å². The molecule has 0 heterocycles. The third-order valence-corrected chi connectivity index (χ3v) is 3.80. The third-order valence-electron chi connectivity index (χ3n) is 2.36. The first-order valence-electron chi connectivity index (χ1n) is 6.27. The van der Waals surface area contributed by atoms with Gasteiger partial charge in [0.1, 0.15) is 0 Å². The molecule has 0 aliphatic rings. The zero-order valence-corrected chi connectivity index (χ0v) is 13.3. The second-order valence-electron chi connectivity index (χ2n) is 4.19. The average Bonchev–Trinajstić information content (AvgIpc) is 2.38. The monoisotopic (exact) mass is 319 g/mol. The molecule has 0 radical (unpaired) electrons. The van der Waals surface area contributed by atoms with E-state index in [0.717, 1.165) is 12.1 Å². The minimum absolute atomic E-state index is 0.229. The number of anilines is 1. The van der Waals surface area contributed by atoms with E-state index in [1.807, 2.05) is 30.3 Å². The summed E-state index contributed by atoms with van der Waals surface area (Å²) in [5, 5.41) is 0. The van der Waals surface area contributed by atoms with E-state index in [-0.39, 0.29) is 12.1 Å². The lowest BCUT2D eigenvalue weighted by atomic mass is 10.2. The molecule has 0 aromatic heterocycles. The highest BCUT2D eigenvalue weighted by Crippen LogP contribution is 2.35. The van der Waals surface area contributed by atoms with E-state index < -0.39 is 6.49 Å². The van der Waals surface area contributed by atoms with Crippen molar-refractivity contribution in [3.05, 3.63) is 30.3 Å². The number of ether oxygens (including phenoxy) is 1. The molecular formula is C13H22NO4PS. The molecular weight excluding hydrogens is 297 g/mol. The highest BCUT2D eigenvalue weighted by Gasteiger charge is 2.06. The maximum Gasteiger partial charge on any atom is 0.305 e. The first kappa shape index (κ1) is 19.1. The van der Waals surface area contributed by atoms with Crippen LogP contribution in [-0.4, -0.2) is 29.0 Å². The Hall–Kier alpha value is -0.940. The Kier molecular flexibility index (Phi) is 10.3. The summed E-state index contributed by atoms with van der Waals surface area (Å²) in [6.45, 7) is -3.02. The summed E-state index contributed by atoms with van der Waals surface area (Å²) < 4.78 is 4.45.